The first kappa shape index (κ1) is 31.6. The SMILES string of the molecule is CCCC1C=C(C(C)(C)C)C=[C]1[Zr+2][c]1cc(C(C)(C)C)cc2c1Cc1ccc(C(C)(C)C)cc1-2.[Cl-].[Cl-]. The van der Waals surface area contributed by atoms with Crippen LogP contribution < -0.4 is 28.1 Å². The summed E-state index contributed by atoms with van der Waals surface area (Å²) in [5.41, 5.74) is 11.3. The van der Waals surface area contributed by atoms with E-state index in [1.165, 1.54) is 40.7 Å². The van der Waals surface area contributed by atoms with E-state index in [0.717, 1.165) is 6.42 Å². The fourth-order valence-corrected chi connectivity index (χ4v) is 9.03. The van der Waals surface area contributed by atoms with Crippen molar-refractivity contribution in [3.8, 4) is 11.1 Å². The molecule has 2 aliphatic rings. The Morgan fingerprint density at radius 1 is 0.778 bits per heavy atom. The summed E-state index contributed by atoms with van der Waals surface area (Å²) in [5.74, 6) is 0.663. The molecule has 0 heterocycles. The Morgan fingerprint density at radius 2 is 1.39 bits per heavy atom. The largest absolute Gasteiger partial charge is 1.00 e. The van der Waals surface area contributed by atoms with Gasteiger partial charge in [0.05, 0.1) is 0 Å². The van der Waals surface area contributed by atoms with Gasteiger partial charge in [-0.25, -0.2) is 0 Å². The standard InChI is InChI=1S/C21H25.C12H19.2ClH.Zr/c1-20(2,3)16-9-7-14-11-15-8-10-17(21(4,5)6)13-19(15)18(14)12-16;1-5-6-10-7-8-11(9-10)12(2,3)4;;;/h7,9-10,12-13H,11H2,1-6H3;8-10H,5-6H2,1-4H3;2*1H;/q;;;;+2/p-2. The Labute approximate surface area is 245 Å². The van der Waals surface area contributed by atoms with E-state index in [0.29, 0.717) is 5.92 Å². The molecule has 2 aliphatic carbocycles. The van der Waals surface area contributed by atoms with Crippen LogP contribution in [0.5, 0.6) is 0 Å². The van der Waals surface area contributed by atoms with Crippen molar-refractivity contribution in [2.24, 2.45) is 11.3 Å². The molecule has 0 fully saturated rings. The predicted molar refractivity (Wildman–Crippen MR) is 146 cm³/mol. The Kier molecular flexibility index (Phi) is 9.87. The first-order valence-electron chi connectivity index (χ1n) is 13.2. The molecule has 0 aliphatic heterocycles. The Hall–Kier alpha value is -0.617. The molecule has 1 unspecified atom stereocenters. The molecule has 0 aromatic heterocycles. The molecular weight excluding hydrogens is 558 g/mol. The van der Waals surface area contributed by atoms with Gasteiger partial charge in [-0.1, -0.05) is 0 Å². The molecular formula is C33H44Cl2Zr. The molecule has 0 N–H and O–H groups in total. The molecule has 0 radical (unpaired) electrons. The van der Waals surface area contributed by atoms with Gasteiger partial charge in [-0.3, -0.25) is 0 Å². The van der Waals surface area contributed by atoms with Gasteiger partial charge in [0, 0.05) is 0 Å². The van der Waals surface area contributed by atoms with Gasteiger partial charge in [-0.2, -0.15) is 0 Å². The van der Waals surface area contributed by atoms with Crippen LogP contribution >= 0.6 is 0 Å². The van der Waals surface area contributed by atoms with Crippen LogP contribution in [0, 0.1) is 11.3 Å². The number of fused-ring (bicyclic) bond motifs is 3. The summed E-state index contributed by atoms with van der Waals surface area (Å²) >= 11 is -0.897. The first-order valence-corrected chi connectivity index (χ1v) is 15.7. The van der Waals surface area contributed by atoms with E-state index in [1.54, 1.807) is 17.7 Å². The minimum atomic E-state index is -0.897. The van der Waals surface area contributed by atoms with Gasteiger partial charge >= 0.3 is 222 Å². The monoisotopic (exact) mass is 600 g/mol. The van der Waals surface area contributed by atoms with Crippen LogP contribution in [0.15, 0.2) is 51.3 Å². The van der Waals surface area contributed by atoms with E-state index >= 15 is 0 Å². The molecule has 36 heavy (non-hydrogen) atoms. The molecule has 194 valence electrons. The Balaban J connectivity index is 0.00000228. The molecule has 0 amide bonds. The third kappa shape index (κ3) is 6.50. The molecule has 0 saturated heterocycles. The maximum Gasteiger partial charge on any atom is -1.00 e. The minimum Gasteiger partial charge on any atom is -1.00 e. The summed E-state index contributed by atoms with van der Waals surface area (Å²) in [6.07, 6.45) is 8.89. The molecule has 2 aromatic carbocycles. The van der Waals surface area contributed by atoms with Crippen molar-refractivity contribution >= 4 is 3.27 Å². The van der Waals surface area contributed by atoms with Crippen LogP contribution in [0.4, 0.5) is 0 Å². The molecule has 1 atom stereocenters. The fourth-order valence-electron chi connectivity index (χ4n) is 5.22. The van der Waals surface area contributed by atoms with E-state index in [4.69, 9.17) is 0 Å². The quantitative estimate of drug-likeness (QED) is 0.431. The number of hydrogen-bond acceptors (Lipinski definition) is 0. The molecule has 0 spiro atoms. The van der Waals surface area contributed by atoms with Crippen molar-refractivity contribution in [2.75, 3.05) is 0 Å². The normalized spacial score (nSPS) is 16.8. The van der Waals surface area contributed by atoms with Gasteiger partial charge in [0.15, 0.2) is 0 Å². The van der Waals surface area contributed by atoms with Crippen LogP contribution in [0.1, 0.15) is 104 Å². The summed E-state index contributed by atoms with van der Waals surface area (Å²) in [4.78, 5) is 0. The van der Waals surface area contributed by atoms with Gasteiger partial charge in [-0.15, -0.1) is 0 Å². The maximum absolute atomic E-state index is 2.61. The maximum atomic E-state index is 2.61. The number of rotatable bonds is 4. The van der Waals surface area contributed by atoms with Crippen molar-refractivity contribution in [1.82, 2.24) is 0 Å². The summed E-state index contributed by atoms with van der Waals surface area (Å²) < 4.78 is 3.51. The molecule has 2 aromatic rings. The smallest absolute Gasteiger partial charge is 1.00 e. The second kappa shape index (κ2) is 11.2. The molecule has 0 saturated carbocycles. The second-order valence-corrected chi connectivity index (χ2v) is 16.9. The van der Waals surface area contributed by atoms with Crippen molar-refractivity contribution < 1.29 is 48.0 Å². The average molecular weight is 603 g/mol. The minimum absolute atomic E-state index is 0. The summed E-state index contributed by atoms with van der Waals surface area (Å²) in [6.45, 7) is 23.6. The fraction of sp³-hybridized carbons (Fsp3) is 0.515. The summed E-state index contributed by atoms with van der Waals surface area (Å²) in [7, 11) is 0. The van der Waals surface area contributed by atoms with Gasteiger partial charge in [0.25, 0.3) is 0 Å². The molecule has 0 nitrogen and oxygen atoms in total. The van der Waals surface area contributed by atoms with Crippen LogP contribution in [-0.2, 0) is 40.5 Å². The second-order valence-electron chi connectivity index (χ2n) is 13.6. The molecule has 0 bridgehead atoms. The average Bonchev–Trinajstić information content (AvgIpc) is 3.28. The number of hydrogen-bond donors (Lipinski definition) is 0. The topological polar surface area (TPSA) is 0 Å². The molecule has 4 rings (SSSR count). The van der Waals surface area contributed by atoms with E-state index in [-0.39, 0.29) is 41.1 Å². The van der Waals surface area contributed by atoms with E-state index in [9.17, 15) is 0 Å². The zero-order valence-electron chi connectivity index (χ0n) is 24.0. The van der Waals surface area contributed by atoms with Crippen LogP contribution in [0.2, 0.25) is 0 Å². The number of halogens is 2. The zero-order chi connectivity index (χ0) is 25.1. The van der Waals surface area contributed by atoms with E-state index < -0.39 is 23.2 Å². The number of benzene rings is 2. The van der Waals surface area contributed by atoms with Gasteiger partial charge in [0.1, 0.15) is 0 Å². The summed E-state index contributed by atoms with van der Waals surface area (Å²) in [6, 6.07) is 12.4. The van der Waals surface area contributed by atoms with E-state index in [2.05, 4.69) is 112 Å². The number of allylic oxidation sites excluding steroid dienone is 4. The van der Waals surface area contributed by atoms with Crippen molar-refractivity contribution in [3.63, 3.8) is 0 Å². The van der Waals surface area contributed by atoms with Crippen molar-refractivity contribution in [3.05, 3.63) is 73.6 Å². The Morgan fingerprint density at radius 3 is 1.94 bits per heavy atom. The van der Waals surface area contributed by atoms with Crippen molar-refractivity contribution in [1.29, 1.82) is 0 Å². The third-order valence-corrected chi connectivity index (χ3v) is 11.3. The van der Waals surface area contributed by atoms with Gasteiger partial charge in [-0.05, 0) is 0 Å². The summed E-state index contributed by atoms with van der Waals surface area (Å²) in [5, 5.41) is 0. The first-order chi connectivity index (χ1) is 15.7. The zero-order valence-corrected chi connectivity index (χ0v) is 28.0. The van der Waals surface area contributed by atoms with Crippen LogP contribution in [0.25, 0.3) is 11.1 Å². The van der Waals surface area contributed by atoms with Gasteiger partial charge in [0.2, 0.25) is 0 Å². The van der Waals surface area contributed by atoms with Crippen LogP contribution in [0.3, 0.4) is 0 Å². The van der Waals surface area contributed by atoms with Crippen molar-refractivity contribution in [2.45, 2.75) is 99.3 Å². The predicted octanol–water partition coefficient (Wildman–Crippen LogP) is 2.85. The Bertz CT molecular complexity index is 1160. The van der Waals surface area contributed by atoms with E-state index in [1.807, 2.05) is 0 Å². The third-order valence-electron chi connectivity index (χ3n) is 7.59. The molecule has 3 heteroatoms. The van der Waals surface area contributed by atoms with Crippen LogP contribution in [-0.4, -0.2) is 0 Å². The van der Waals surface area contributed by atoms with Gasteiger partial charge < -0.3 is 24.8 Å².